The molecule has 1 aliphatic rings. The van der Waals surface area contributed by atoms with Gasteiger partial charge in [0.15, 0.2) is 0 Å². The molecule has 3 heteroatoms. The SMILES string of the molecule is CNC(COC)C1(c2ccccc2)CCOCC1. The molecule has 1 unspecified atom stereocenters. The Hall–Kier alpha value is -0.900. The van der Waals surface area contributed by atoms with Gasteiger partial charge in [-0.3, -0.25) is 0 Å². The third-order valence-electron chi connectivity index (χ3n) is 4.08. The number of benzene rings is 1. The topological polar surface area (TPSA) is 30.5 Å². The lowest BCUT2D eigenvalue weighted by molar-refractivity contribution is 0.0192. The Labute approximate surface area is 109 Å². The van der Waals surface area contributed by atoms with Crippen LogP contribution in [0.15, 0.2) is 30.3 Å². The molecular formula is C15H23NO2. The number of likely N-dealkylation sites (N-methyl/N-ethyl adjacent to an activating group) is 1. The Morgan fingerprint density at radius 3 is 2.50 bits per heavy atom. The molecule has 100 valence electrons. The second kappa shape index (κ2) is 6.32. The summed E-state index contributed by atoms with van der Waals surface area (Å²) in [4.78, 5) is 0. The van der Waals surface area contributed by atoms with E-state index in [2.05, 4.69) is 35.6 Å². The average Bonchev–Trinajstić information content (AvgIpc) is 2.46. The highest BCUT2D eigenvalue weighted by Crippen LogP contribution is 2.38. The first kappa shape index (κ1) is 13.5. The molecule has 0 saturated carbocycles. The summed E-state index contributed by atoms with van der Waals surface area (Å²) in [7, 11) is 3.78. The summed E-state index contributed by atoms with van der Waals surface area (Å²) < 4.78 is 10.9. The zero-order chi connectivity index (χ0) is 12.8. The highest BCUT2D eigenvalue weighted by molar-refractivity contribution is 5.28. The number of hydrogen-bond donors (Lipinski definition) is 1. The van der Waals surface area contributed by atoms with E-state index in [-0.39, 0.29) is 5.41 Å². The van der Waals surface area contributed by atoms with Crippen molar-refractivity contribution in [1.29, 1.82) is 0 Å². The minimum Gasteiger partial charge on any atom is -0.383 e. The van der Waals surface area contributed by atoms with Crippen LogP contribution in [0.1, 0.15) is 18.4 Å². The maximum Gasteiger partial charge on any atom is 0.0624 e. The fourth-order valence-electron chi connectivity index (χ4n) is 3.03. The zero-order valence-electron chi connectivity index (χ0n) is 11.3. The molecule has 0 bridgehead atoms. The van der Waals surface area contributed by atoms with E-state index < -0.39 is 0 Å². The van der Waals surface area contributed by atoms with Gasteiger partial charge in [-0.05, 0) is 25.5 Å². The van der Waals surface area contributed by atoms with Crippen LogP contribution in [0.2, 0.25) is 0 Å². The Balaban J connectivity index is 2.33. The van der Waals surface area contributed by atoms with Gasteiger partial charge in [-0.25, -0.2) is 0 Å². The van der Waals surface area contributed by atoms with Gasteiger partial charge in [0, 0.05) is 31.8 Å². The molecule has 1 aromatic rings. The van der Waals surface area contributed by atoms with E-state index in [0.717, 1.165) is 32.7 Å². The summed E-state index contributed by atoms with van der Waals surface area (Å²) in [5.41, 5.74) is 1.52. The van der Waals surface area contributed by atoms with E-state index in [1.165, 1.54) is 5.56 Å². The standard InChI is InChI=1S/C15H23NO2/c1-16-14(12-17-2)15(8-10-18-11-9-15)13-6-4-3-5-7-13/h3-7,14,16H,8-12H2,1-2H3. The van der Waals surface area contributed by atoms with Crippen LogP contribution in [0, 0.1) is 0 Å². The van der Waals surface area contributed by atoms with Crippen LogP contribution in [0.25, 0.3) is 0 Å². The van der Waals surface area contributed by atoms with E-state index in [1.54, 1.807) is 7.11 Å². The zero-order valence-corrected chi connectivity index (χ0v) is 11.3. The lowest BCUT2D eigenvalue weighted by Gasteiger charge is -2.43. The van der Waals surface area contributed by atoms with Crippen LogP contribution in [-0.4, -0.2) is 40.0 Å². The van der Waals surface area contributed by atoms with Crippen LogP contribution >= 0.6 is 0 Å². The smallest absolute Gasteiger partial charge is 0.0624 e. The Kier molecular flexibility index (Phi) is 4.75. The van der Waals surface area contributed by atoms with Crippen molar-refractivity contribution < 1.29 is 9.47 Å². The van der Waals surface area contributed by atoms with Crippen molar-refractivity contribution in [3.63, 3.8) is 0 Å². The molecule has 1 aliphatic heterocycles. The largest absolute Gasteiger partial charge is 0.383 e. The monoisotopic (exact) mass is 249 g/mol. The van der Waals surface area contributed by atoms with Gasteiger partial charge < -0.3 is 14.8 Å². The van der Waals surface area contributed by atoms with Gasteiger partial charge in [0.25, 0.3) is 0 Å². The summed E-state index contributed by atoms with van der Waals surface area (Å²) in [6.45, 7) is 2.39. The Bertz CT molecular complexity index is 347. The van der Waals surface area contributed by atoms with Gasteiger partial charge in [0.05, 0.1) is 6.61 Å². The maximum atomic E-state index is 5.55. The first-order valence-corrected chi connectivity index (χ1v) is 6.63. The number of nitrogens with one attached hydrogen (secondary N) is 1. The van der Waals surface area contributed by atoms with Gasteiger partial charge >= 0.3 is 0 Å². The fourth-order valence-corrected chi connectivity index (χ4v) is 3.03. The van der Waals surface area contributed by atoms with Gasteiger partial charge in [0.1, 0.15) is 0 Å². The molecule has 0 radical (unpaired) electrons. The van der Waals surface area contributed by atoms with Crippen molar-refractivity contribution in [3.05, 3.63) is 35.9 Å². The highest BCUT2D eigenvalue weighted by Gasteiger charge is 2.41. The third kappa shape index (κ3) is 2.58. The fraction of sp³-hybridized carbons (Fsp3) is 0.600. The Morgan fingerprint density at radius 1 is 1.28 bits per heavy atom. The number of ether oxygens (including phenoxy) is 2. The number of rotatable bonds is 5. The molecule has 1 saturated heterocycles. The summed E-state index contributed by atoms with van der Waals surface area (Å²) in [6.07, 6.45) is 2.09. The van der Waals surface area contributed by atoms with Crippen molar-refractivity contribution in [2.24, 2.45) is 0 Å². The average molecular weight is 249 g/mol. The molecule has 2 rings (SSSR count). The van der Waals surface area contributed by atoms with Crippen molar-refractivity contribution in [2.45, 2.75) is 24.3 Å². The third-order valence-corrected chi connectivity index (χ3v) is 4.08. The molecule has 1 N–H and O–H groups in total. The second-order valence-electron chi connectivity index (χ2n) is 4.93. The lowest BCUT2D eigenvalue weighted by atomic mass is 9.69. The predicted molar refractivity (Wildman–Crippen MR) is 72.9 cm³/mol. The van der Waals surface area contributed by atoms with E-state index in [1.807, 2.05) is 7.05 Å². The summed E-state index contributed by atoms with van der Waals surface area (Å²) >= 11 is 0. The van der Waals surface area contributed by atoms with Crippen LogP contribution in [0.5, 0.6) is 0 Å². The van der Waals surface area contributed by atoms with Crippen LogP contribution in [0.3, 0.4) is 0 Å². The number of methoxy groups -OCH3 is 1. The maximum absolute atomic E-state index is 5.55. The minimum atomic E-state index is 0.129. The second-order valence-corrected chi connectivity index (χ2v) is 4.93. The Morgan fingerprint density at radius 2 is 1.94 bits per heavy atom. The molecular weight excluding hydrogens is 226 g/mol. The van der Waals surface area contributed by atoms with Gasteiger partial charge in [-0.15, -0.1) is 0 Å². The van der Waals surface area contributed by atoms with Crippen molar-refractivity contribution >= 4 is 0 Å². The normalized spacial score (nSPS) is 20.6. The molecule has 0 aliphatic carbocycles. The molecule has 1 aromatic carbocycles. The van der Waals surface area contributed by atoms with Gasteiger partial charge in [0.2, 0.25) is 0 Å². The summed E-state index contributed by atoms with van der Waals surface area (Å²) in [5.74, 6) is 0. The predicted octanol–water partition coefficient (Wildman–Crippen LogP) is 1.97. The lowest BCUT2D eigenvalue weighted by Crippen LogP contribution is -2.52. The quantitative estimate of drug-likeness (QED) is 0.865. The summed E-state index contributed by atoms with van der Waals surface area (Å²) in [6, 6.07) is 11.1. The molecule has 18 heavy (non-hydrogen) atoms. The molecule has 1 heterocycles. The molecule has 1 fully saturated rings. The first-order valence-electron chi connectivity index (χ1n) is 6.63. The summed E-state index contributed by atoms with van der Waals surface area (Å²) in [5, 5.41) is 3.43. The molecule has 0 aromatic heterocycles. The molecule has 0 spiro atoms. The van der Waals surface area contributed by atoms with E-state index in [0.29, 0.717) is 6.04 Å². The van der Waals surface area contributed by atoms with Crippen molar-refractivity contribution in [3.8, 4) is 0 Å². The molecule has 1 atom stereocenters. The first-order chi connectivity index (χ1) is 8.83. The van der Waals surface area contributed by atoms with Crippen molar-refractivity contribution in [2.75, 3.05) is 34.0 Å². The van der Waals surface area contributed by atoms with Crippen molar-refractivity contribution in [1.82, 2.24) is 5.32 Å². The van der Waals surface area contributed by atoms with Gasteiger partial charge in [-0.2, -0.15) is 0 Å². The molecule has 0 amide bonds. The van der Waals surface area contributed by atoms with E-state index in [4.69, 9.17) is 9.47 Å². The van der Waals surface area contributed by atoms with E-state index in [9.17, 15) is 0 Å². The van der Waals surface area contributed by atoms with Gasteiger partial charge in [-0.1, -0.05) is 30.3 Å². The highest BCUT2D eigenvalue weighted by atomic mass is 16.5. The number of hydrogen-bond acceptors (Lipinski definition) is 3. The van der Waals surface area contributed by atoms with Crippen LogP contribution < -0.4 is 5.32 Å². The minimum absolute atomic E-state index is 0.129. The molecule has 3 nitrogen and oxygen atoms in total. The van der Waals surface area contributed by atoms with Crippen LogP contribution in [0.4, 0.5) is 0 Å². The van der Waals surface area contributed by atoms with E-state index >= 15 is 0 Å². The van der Waals surface area contributed by atoms with Crippen LogP contribution in [-0.2, 0) is 14.9 Å².